The maximum atomic E-state index is 12.9. The highest BCUT2D eigenvalue weighted by Gasteiger charge is 2.26. The lowest BCUT2D eigenvalue weighted by Gasteiger charge is -2.33. The Morgan fingerprint density at radius 1 is 1.04 bits per heavy atom. The molecular formula is C21H23NO3. The predicted molar refractivity (Wildman–Crippen MR) is 97.0 cm³/mol. The van der Waals surface area contributed by atoms with E-state index < -0.39 is 0 Å². The van der Waals surface area contributed by atoms with E-state index in [1.807, 2.05) is 35.2 Å². The fourth-order valence-corrected chi connectivity index (χ4v) is 3.26. The van der Waals surface area contributed by atoms with Gasteiger partial charge in [-0.05, 0) is 38.0 Å². The number of rotatable bonds is 5. The maximum absolute atomic E-state index is 12.9. The lowest BCUT2D eigenvalue weighted by atomic mass is 9.97. The topological polar surface area (TPSA) is 46.6 Å². The molecule has 130 valence electrons. The van der Waals surface area contributed by atoms with Crippen LogP contribution in [0.3, 0.4) is 0 Å². The van der Waals surface area contributed by atoms with Crippen molar-refractivity contribution < 1.29 is 14.3 Å². The van der Waals surface area contributed by atoms with Crippen LogP contribution in [0.4, 0.5) is 0 Å². The smallest absolute Gasteiger partial charge is 0.254 e. The number of nitrogens with zero attached hydrogens (tertiary/aromatic N) is 1. The minimum atomic E-state index is -0.0788. The first-order valence-corrected chi connectivity index (χ1v) is 8.72. The number of carbonyl (C=O) groups excluding carboxylic acids is 2. The molecule has 1 amide bonds. The fourth-order valence-electron chi connectivity index (χ4n) is 3.26. The highest BCUT2D eigenvalue weighted by molar-refractivity contribution is 6.07. The van der Waals surface area contributed by atoms with Gasteiger partial charge in [0, 0.05) is 24.6 Å². The van der Waals surface area contributed by atoms with Gasteiger partial charge >= 0.3 is 0 Å². The third-order valence-corrected chi connectivity index (χ3v) is 4.57. The summed E-state index contributed by atoms with van der Waals surface area (Å²) < 4.78 is 5.85. The second kappa shape index (κ2) is 7.97. The Kier molecular flexibility index (Phi) is 5.49. The predicted octanol–water partition coefficient (Wildman–Crippen LogP) is 3.82. The van der Waals surface area contributed by atoms with Crippen LogP contribution in [-0.4, -0.2) is 36.3 Å². The SMILES string of the molecule is CC(=O)c1ccccc1C(=O)N1CCC[C@@H](COc2ccccc2)C1. The molecule has 0 N–H and O–H groups in total. The molecule has 0 aromatic heterocycles. The standard InChI is InChI=1S/C21H23NO3/c1-16(23)19-11-5-6-12-20(19)21(24)22-13-7-8-17(14-22)15-25-18-9-3-2-4-10-18/h2-6,9-12,17H,7-8,13-15H2,1H3/t17-/m1/s1. The summed E-state index contributed by atoms with van der Waals surface area (Å²) in [5, 5.41) is 0. The van der Waals surface area contributed by atoms with E-state index in [1.165, 1.54) is 6.92 Å². The van der Waals surface area contributed by atoms with E-state index in [9.17, 15) is 9.59 Å². The third kappa shape index (κ3) is 4.27. The molecule has 2 aromatic carbocycles. The van der Waals surface area contributed by atoms with Gasteiger partial charge in [-0.2, -0.15) is 0 Å². The molecule has 3 rings (SSSR count). The van der Waals surface area contributed by atoms with Crippen LogP contribution in [0.25, 0.3) is 0 Å². The van der Waals surface area contributed by atoms with Crippen molar-refractivity contribution in [3.8, 4) is 5.75 Å². The Morgan fingerprint density at radius 2 is 1.72 bits per heavy atom. The number of hydrogen-bond donors (Lipinski definition) is 0. The number of para-hydroxylation sites is 1. The molecule has 0 aliphatic carbocycles. The summed E-state index contributed by atoms with van der Waals surface area (Å²) in [5.41, 5.74) is 0.995. The quantitative estimate of drug-likeness (QED) is 0.779. The molecule has 1 fully saturated rings. The van der Waals surface area contributed by atoms with E-state index in [2.05, 4.69) is 0 Å². The van der Waals surface area contributed by atoms with Crippen LogP contribution in [0.2, 0.25) is 0 Å². The Balaban J connectivity index is 1.65. The molecule has 2 aromatic rings. The van der Waals surface area contributed by atoms with E-state index in [4.69, 9.17) is 4.74 Å². The van der Waals surface area contributed by atoms with Crippen LogP contribution >= 0.6 is 0 Å². The summed E-state index contributed by atoms with van der Waals surface area (Å²) in [5.74, 6) is 1.02. The molecule has 0 spiro atoms. The van der Waals surface area contributed by atoms with Gasteiger partial charge in [-0.15, -0.1) is 0 Å². The lowest BCUT2D eigenvalue weighted by Crippen LogP contribution is -2.42. The highest BCUT2D eigenvalue weighted by Crippen LogP contribution is 2.21. The second-order valence-electron chi connectivity index (χ2n) is 6.49. The number of amides is 1. The van der Waals surface area contributed by atoms with Crippen molar-refractivity contribution in [3.63, 3.8) is 0 Å². The Hall–Kier alpha value is -2.62. The number of Topliss-reactive ketones (excluding diaryl/α,β-unsaturated/α-hetero) is 1. The molecule has 1 atom stereocenters. The number of carbonyl (C=O) groups is 2. The molecule has 0 saturated carbocycles. The lowest BCUT2D eigenvalue weighted by molar-refractivity contribution is 0.0630. The van der Waals surface area contributed by atoms with Gasteiger partial charge in [0.2, 0.25) is 0 Å². The van der Waals surface area contributed by atoms with Crippen molar-refractivity contribution in [1.29, 1.82) is 0 Å². The first kappa shape index (κ1) is 17.2. The largest absolute Gasteiger partial charge is 0.493 e. The van der Waals surface area contributed by atoms with E-state index in [0.29, 0.717) is 30.2 Å². The Labute approximate surface area is 148 Å². The maximum Gasteiger partial charge on any atom is 0.254 e. The molecule has 1 aliphatic rings. The van der Waals surface area contributed by atoms with Crippen molar-refractivity contribution in [2.45, 2.75) is 19.8 Å². The number of hydrogen-bond acceptors (Lipinski definition) is 3. The summed E-state index contributed by atoms with van der Waals surface area (Å²) in [7, 11) is 0. The Bertz CT molecular complexity index is 742. The minimum Gasteiger partial charge on any atom is -0.493 e. The second-order valence-corrected chi connectivity index (χ2v) is 6.49. The molecule has 1 aliphatic heterocycles. The van der Waals surface area contributed by atoms with Gasteiger partial charge in [0.05, 0.1) is 12.2 Å². The monoisotopic (exact) mass is 337 g/mol. The van der Waals surface area contributed by atoms with Crippen LogP contribution in [0.15, 0.2) is 54.6 Å². The van der Waals surface area contributed by atoms with Gasteiger partial charge in [-0.25, -0.2) is 0 Å². The normalized spacial score (nSPS) is 17.2. The van der Waals surface area contributed by atoms with Crippen LogP contribution in [0.1, 0.15) is 40.5 Å². The van der Waals surface area contributed by atoms with Crippen molar-refractivity contribution >= 4 is 11.7 Å². The molecule has 4 heteroatoms. The van der Waals surface area contributed by atoms with Crippen molar-refractivity contribution in [2.24, 2.45) is 5.92 Å². The molecule has 1 saturated heterocycles. The van der Waals surface area contributed by atoms with Crippen molar-refractivity contribution in [2.75, 3.05) is 19.7 Å². The number of ether oxygens (including phenoxy) is 1. The van der Waals surface area contributed by atoms with Gasteiger partial charge in [-0.3, -0.25) is 9.59 Å². The highest BCUT2D eigenvalue weighted by atomic mass is 16.5. The van der Waals surface area contributed by atoms with E-state index in [1.54, 1.807) is 24.3 Å². The summed E-state index contributed by atoms with van der Waals surface area (Å²) in [4.78, 5) is 26.5. The van der Waals surface area contributed by atoms with Crippen LogP contribution < -0.4 is 4.74 Å². The molecule has 1 heterocycles. The number of ketones is 1. The summed E-state index contributed by atoms with van der Waals surface area (Å²) >= 11 is 0. The summed E-state index contributed by atoms with van der Waals surface area (Å²) in [6.45, 7) is 3.49. The first-order valence-electron chi connectivity index (χ1n) is 8.72. The van der Waals surface area contributed by atoms with Gasteiger partial charge in [0.15, 0.2) is 5.78 Å². The molecule has 0 bridgehead atoms. The average Bonchev–Trinajstić information content (AvgIpc) is 2.67. The van der Waals surface area contributed by atoms with Crippen molar-refractivity contribution in [1.82, 2.24) is 4.90 Å². The molecule has 0 radical (unpaired) electrons. The molecule has 25 heavy (non-hydrogen) atoms. The fraction of sp³-hybridized carbons (Fsp3) is 0.333. The van der Waals surface area contributed by atoms with E-state index >= 15 is 0 Å². The van der Waals surface area contributed by atoms with Gasteiger partial charge in [0.1, 0.15) is 5.75 Å². The zero-order valence-corrected chi connectivity index (χ0v) is 14.5. The van der Waals surface area contributed by atoms with Gasteiger partial charge in [-0.1, -0.05) is 36.4 Å². The van der Waals surface area contributed by atoms with E-state index in [0.717, 1.165) is 25.1 Å². The number of likely N-dealkylation sites (tertiary alicyclic amines) is 1. The molecule has 4 nitrogen and oxygen atoms in total. The molecular weight excluding hydrogens is 314 g/mol. The molecule has 0 unspecified atom stereocenters. The minimum absolute atomic E-state index is 0.0600. The average molecular weight is 337 g/mol. The van der Waals surface area contributed by atoms with E-state index in [-0.39, 0.29) is 11.7 Å². The van der Waals surface area contributed by atoms with Gasteiger partial charge < -0.3 is 9.64 Å². The van der Waals surface area contributed by atoms with Crippen molar-refractivity contribution in [3.05, 3.63) is 65.7 Å². The first-order chi connectivity index (χ1) is 12.1. The zero-order valence-electron chi connectivity index (χ0n) is 14.5. The van der Waals surface area contributed by atoms with Crippen LogP contribution in [0.5, 0.6) is 5.75 Å². The Morgan fingerprint density at radius 3 is 2.44 bits per heavy atom. The summed E-state index contributed by atoms with van der Waals surface area (Å²) in [6, 6.07) is 16.8. The third-order valence-electron chi connectivity index (χ3n) is 4.57. The van der Waals surface area contributed by atoms with Crippen LogP contribution in [0, 0.1) is 5.92 Å². The summed E-state index contributed by atoms with van der Waals surface area (Å²) in [6.07, 6.45) is 2.00. The van der Waals surface area contributed by atoms with Gasteiger partial charge in [0.25, 0.3) is 5.91 Å². The van der Waals surface area contributed by atoms with Crippen LogP contribution in [-0.2, 0) is 0 Å². The zero-order chi connectivity index (χ0) is 17.6. The number of benzene rings is 2. The number of piperidine rings is 1.